The van der Waals surface area contributed by atoms with Crippen LogP contribution in [0.3, 0.4) is 0 Å². The Morgan fingerprint density at radius 2 is 1.71 bits per heavy atom. The molecule has 3 N–H and O–H groups in total. The number of carbonyl (C=O) groups excluding carboxylic acids is 1. The summed E-state index contributed by atoms with van der Waals surface area (Å²) in [5.74, 6) is -0.467. The van der Waals surface area contributed by atoms with Gasteiger partial charge in [0.1, 0.15) is 5.75 Å². The van der Waals surface area contributed by atoms with Crippen molar-refractivity contribution in [3.8, 4) is 5.75 Å². The maximum Gasteiger partial charge on any atom is 0.255 e. The van der Waals surface area contributed by atoms with Crippen LogP contribution in [0.2, 0.25) is 0 Å². The van der Waals surface area contributed by atoms with Crippen LogP contribution in [0.1, 0.15) is 33.2 Å². The Kier molecular flexibility index (Phi) is 4.60. The fraction of sp³-hybridized carbons (Fsp3) is 0.235. The van der Waals surface area contributed by atoms with Gasteiger partial charge in [-0.2, -0.15) is 0 Å². The van der Waals surface area contributed by atoms with Gasteiger partial charge in [-0.05, 0) is 31.5 Å². The molecule has 0 aromatic heterocycles. The molecule has 0 aliphatic rings. The largest absolute Gasteiger partial charge is 0.507 e. The van der Waals surface area contributed by atoms with Crippen LogP contribution in [0.15, 0.2) is 42.5 Å². The number of benzene rings is 2. The van der Waals surface area contributed by atoms with E-state index in [0.29, 0.717) is 0 Å². The molecule has 0 spiro atoms. The van der Waals surface area contributed by atoms with E-state index < -0.39 is 12.0 Å². The van der Waals surface area contributed by atoms with Crippen molar-refractivity contribution >= 4 is 5.91 Å². The summed E-state index contributed by atoms with van der Waals surface area (Å²) >= 11 is 0. The third-order valence-corrected chi connectivity index (χ3v) is 3.31. The average molecular weight is 285 g/mol. The minimum atomic E-state index is -0.776. The van der Waals surface area contributed by atoms with Crippen molar-refractivity contribution in [2.24, 2.45) is 0 Å². The molecule has 21 heavy (non-hydrogen) atoms. The molecule has 0 bridgehead atoms. The summed E-state index contributed by atoms with van der Waals surface area (Å²) in [6.45, 7) is 3.91. The molecule has 0 fully saturated rings. The highest BCUT2D eigenvalue weighted by Crippen LogP contribution is 2.18. The molecular weight excluding hydrogens is 266 g/mol. The fourth-order valence-electron chi connectivity index (χ4n) is 2.02. The quantitative estimate of drug-likeness (QED) is 0.808. The average Bonchev–Trinajstić information content (AvgIpc) is 2.47. The zero-order chi connectivity index (χ0) is 15.4. The molecule has 0 radical (unpaired) electrons. The SMILES string of the molecule is Cc1ccc(C(O)CNC(=O)c2cc(C)ccc2O)cc1. The van der Waals surface area contributed by atoms with Gasteiger partial charge in [-0.15, -0.1) is 0 Å². The molecule has 4 heteroatoms. The Labute approximate surface area is 124 Å². The molecule has 4 nitrogen and oxygen atoms in total. The van der Waals surface area contributed by atoms with E-state index >= 15 is 0 Å². The highest BCUT2D eigenvalue weighted by molar-refractivity contribution is 5.97. The van der Waals surface area contributed by atoms with E-state index in [1.807, 2.05) is 38.1 Å². The first-order valence-electron chi connectivity index (χ1n) is 6.80. The molecule has 2 rings (SSSR count). The van der Waals surface area contributed by atoms with Crippen molar-refractivity contribution in [3.05, 3.63) is 64.7 Å². The summed E-state index contributed by atoms with van der Waals surface area (Å²) in [5.41, 5.74) is 2.96. The van der Waals surface area contributed by atoms with E-state index in [9.17, 15) is 15.0 Å². The van der Waals surface area contributed by atoms with E-state index in [1.165, 1.54) is 6.07 Å². The highest BCUT2D eigenvalue weighted by atomic mass is 16.3. The van der Waals surface area contributed by atoms with Crippen LogP contribution in [-0.2, 0) is 0 Å². The van der Waals surface area contributed by atoms with E-state index in [1.54, 1.807) is 12.1 Å². The number of phenols is 1. The lowest BCUT2D eigenvalue weighted by Gasteiger charge is -2.13. The normalized spacial score (nSPS) is 12.0. The van der Waals surface area contributed by atoms with Crippen LogP contribution in [0, 0.1) is 13.8 Å². The summed E-state index contributed by atoms with van der Waals surface area (Å²) in [6, 6.07) is 12.3. The number of rotatable bonds is 4. The Balaban J connectivity index is 2.00. The molecule has 2 aromatic carbocycles. The number of hydrogen-bond acceptors (Lipinski definition) is 3. The molecule has 0 saturated heterocycles. The zero-order valence-electron chi connectivity index (χ0n) is 12.1. The summed E-state index contributed by atoms with van der Waals surface area (Å²) < 4.78 is 0. The maximum atomic E-state index is 12.0. The number of aryl methyl sites for hydroxylation is 2. The number of nitrogens with one attached hydrogen (secondary N) is 1. The van der Waals surface area contributed by atoms with Gasteiger partial charge in [0.15, 0.2) is 0 Å². The molecule has 0 aliphatic carbocycles. The van der Waals surface area contributed by atoms with E-state index in [-0.39, 0.29) is 17.9 Å². The van der Waals surface area contributed by atoms with E-state index in [2.05, 4.69) is 5.32 Å². The smallest absolute Gasteiger partial charge is 0.255 e. The van der Waals surface area contributed by atoms with Crippen LogP contribution < -0.4 is 5.32 Å². The number of phenolic OH excluding ortho intramolecular Hbond substituents is 1. The number of amides is 1. The number of aromatic hydroxyl groups is 1. The van der Waals surface area contributed by atoms with Gasteiger partial charge in [0.05, 0.1) is 11.7 Å². The predicted molar refractivity (Wildman–Crippen MR) is 81.3 cm³/mol. The third kappa shape index (κ3) is 3.83. The first kappa shape index (κ1) is 15.1. The second-order valence-electron chi connectivity index (χ2n) is 5.16. The van der Waals surface area contributed by atoms with Gasteiger partial charge in [-0.1, -0.05) is 41.5 Å². The van der Waals surface area contributed by atoms with Gasteiger partial charge in [0, 0.05) is 6.54 Å². The first-order chi connectivity index (χ1) is 9.97. The van der Waals surface area contributed by atoms with E-state index in [4.69, 9.17) is 0 Å². The Hall–Kier alpha value is -2.33. The lowest BCUT2D eigenvalue weighted by Crippen LogP contribution is -2.28. The predicted octanol–water partition coefficient (Wildman–Crippen LogP) is 2.47. The zero-order valence-corrected chi connectivity index (χ0v) is 12.1. The Bertz CT molecular complexity index is 635. The van der Waals surface area contributed by atoms with Crippen molar-refractivity contribution in [3.63, 3.8) is 0 Å². The molecule has 0 heterocycles. The summed E-state index contributed by atoms with van der Waals surface area (Å²) in [6.07, 6.45) is -0.776. The van der Waals surface area contributed by atoms with Crippen LogP contribution in [-0.4, -0.2) is 22.7 Å². The number of aliphatic hydroxyl groups is 1. The van der Waals surface area contributed by atoms with Gasteiger partial charge < -0.3 is 15.5 Å². The van der Waals surface area contributed by atoms with Gasteiger partial charge in [0.2, 0.25) is 0 Å². The van der Waals surface area contributed by atoms with Gasteiger partial charge in [0.25, 0.3) is 5.91 Å². The maximum absolute atomic E-state index is 12.0. The Morgan fingerprint density at radius 3 is 2.38 bits per heavy atom. The Morgan fingerprint density at radius 1 is 1.10 bits per heavy atom. The van der Waals surface area contributed by atoms with Crippen molar-refractivity contribution in [1.82, 2.24) is 5.32 Å². The molecule has 2 aromatic rings. The van der Waals surface area contributed by atoms with Crippen molar-refractivity contribution in [1.29, 1.82) is 0 Å². The first-order valence-corrected chi connectivity index (χ1v) is 6.80. The van der Waals surface area contributed by atoms with Gasteiger partial charge in [-0.3, -0.25) is 4.79 Å². The second kappa shape index (κ2) is 6.41. The standard InChI is InChI=1S/C17H19NO3/c1-11-3-6-13(7-4-11)16(20)10-18-17(21)14-9-12(2)5-8-15(14)19/h3-9,16,19-20H,10H2,1-2H3,(H,18,21). The second-order valence-corrected chi connectivity index (χ2v) is 5.16. The van der Waals surface area contributed by atoms with Crippen LogP contribution in [0.25, 0.3) is 0 Å². The summed E-state index contributed by atoms with van der Waals surface area (Å²) in [5, 5.41) is 22.4. The summed E-state index contributed by atoms with van der Waals surface area (Å²) in [7, 11) is 0. The molecule has 110 valence electrons. The van der Waals surface area contributed by atoms with Crippen molar-refractivity contribution in [2.75, 3.05) is 6.54 Å². The summed E-state index contributed by atoms with van der Waals surface area (Å²) in [4.78, 5) is 12.0. The fourth-order valence-corrected chi connectivity index (χ4v) is 2.02. The third-order valence-electron chi connectivity index (χ3n) is 3.31. The monoisotopic (exact) mass is 285 g/mol. The van der Waals surface area contributed by atoms with Crippen LogP contribution >= 0.6 is 0 Å². The molecular formula is C17H19NO3. The van der Waals surface area contributed by atoms with Gasteiger partial charge >= 0.3 is 0 Å². The lowest BCUT2D eigenvalue weighted by molar-refractivity contribution is 0.0913. The molecule has 0 saturated carbocycles. The minimum Gasteiger partial charge on any atom is -0.507 e. The van der Waals surface area contributed by atoms with Crippen LogP contribution in [0.4, 0.5) is 0 Å². The number of aliphatic hydroxyl groups excluding tert-OH is 1. The topological polar surface area (TPSA) is 69.6 Å². The number of carbonyl (C=O) groups is 1. The van der Waals surface area contributed by atoms with Crippen LogP contribution in [0.5, 0.6) is 5.75 Å². The highest BCUT2D eigenvalue weighted by Gasteiger charge is 2.13. The molecule has 1 unspecified atom stereocenters. The molecule has 0 aliphatic heterocycles. The van der Waals surface area contributed by atoms with E-state index in [0.717, 1.165) is 16.7 Å². The minimum absolute atomic E-state index is 0.0667. The van der Waals surface area contributed by atoms with Gasteiger partial charge in [-0.25, -0.2) is 0 Å². The molecule has 1 atom stereocenters. The number of hydrogen-bond donors (Lipinski definition) is 3. The lowest BCUT2D eigenvalue weighted by atomic mass is 10.1. The van der Waals surface area contributed by atoms with Crippen molar-refractivity contribution < 1.29 is 15.0 Å². The molecule has 1 amide bonds. The van der Waals surface area contributed by atoms with Crippen molar-refractivity contribution in [2.45, 2.75) is 20.0 Å².